The van der Waals surface area contributed by atoms with Crippen LogP contribution in [0.5, 0.6) is 5.75 Å². The first-order valence-corrected chi connectivity index (χ1v) is 9.06. The Morgan fingerprint density at radius 3 is 2.76 bits per heavy atom. The summed E-state index contributed by atoms with van der Waals surface area (Å²) in [6, 6.07) is 7.73. The fourth-order valence-corrected chi connectivity index (χ4v) is 4.03. The van der Waals surface area contributed by atoms with Crippen molar-refractivity contribution in [3.8, 4) is 5.75 Å². The maximum Gasteiger partial charge on any atom is 0.310 e. The van der Waals surface area contributed by atoms with Gasteiger partial charge in [0, 0.05) is 27.0 Å². The predicted molar refractivity (Wildman–Crippen MR) is 101 cm³/mol. The van der Waals surface area contributed by atoms with E-state index in [2.05, 4.69) is 4.98 Å². The molecule has 0 radical (unpaired) electrons. The lowest BCUT2D eigenvalue weighted by Gasteiger charge is -2.10. The summed E-state index contributed by atoms with van der Waals surface area (Å²) < 4.78 is 11.6. The molecule has 0 aliphatic rings. The summed E-state index contributed by atoms with van der Waals surface area (Å²) >= 11 is 7.97. The fraction of sp³-hybridized carbons (Fsp3) is 0.263. The SMILES string of the molecule is COC(=O)Cc1csc2cc(OCc3ccc(C)nc3C)cc(Cl)c12. The molecule has 2 heterocycles. The van der Waals surface area contributed by atoms with Gasteiger partial charge in [0.1, 0.15) is 12.4 Å². The zero-order valence-electron chi connectivity index (χ0n) is 14.3. The summed E-state index contributed by atoms with van der Waals surface area (Å²) in [5.74, 6) is 0.419. The van der Waals surface area contributed by atoms with Crippen LogP contribution in [0.1, 0.15) is 22.5 Å². The van der Waals surface area contributed by atoms with E-state index in [0.717, 1.165) is 32.6 Å². The van der Waals surface area contributed by atoms with Crippen molar-refractivity contribution in [2.45, 2.75) is 26.9 Å². The molecule has 130 valence electrons. The standard InChI is InChI=1S/C19H18ClNO3S/c1-11-4-5-13(12(2)21-11)9-24-15-7-16(20)19-14(6-18(22)23-3)10-25-17(19)8-15/h4-5,7-8,10H,6,9H2,1-3H3. The maximum atomic E-state index is 11.5. The number of aromatic nitrogens is 1. The molecule has 4 nitrogen and oxygen atoms in total. The van der Waals surface area contributed by atoms with Gasteiger partial charge >= 0.3 is 5.97 Å². The molecular formula is C19H18ClNO3S. The van der Waals surface area contributed by atoms with Gasteiger partial charge in [-0.05, 0) is 43.0 Å². The van der Waals surface area contributed by atoms with Crippen molar-refractivity contribution >= 4 is 39.0 Å². The largest absolute Gasteiger partial charge is 0.489 e. The third kappa shape index (κ3) is 3.94. The topological polar surface area (TPSA) is 48.4 Å². The molecule has 25 heavy (non-hydrogen) atoms. The van der Waals surface area contributed by atoms with E-state index in [4.69, 9.17) is 21.1 Å². The molecule has 0 fully saturated rings. The Balaban J connectivity index is 1.82. The Morgan fingerprint density at radius 2 is 2.04 bits per heavy atom. The molecule has 0 saturated heterocycles. The highest BCUT2D eigenvalue weighted by atomic mass is 35.5. The average molecular weight is 376 g/mol. The van der Waals surface area contributed by atoms with Crippen molar-refractivity contribution in [3.05, 3.63) is 57.2 Å². The summed E-state index contributed by atoms with van der Waals surface area (Å²) in [6.07, 6.45) is 0.213. The van der Waals surface area contributed by atoms with E-state index in [0.29, 0.717) is 17.4 Å². The number of ether oxygens (including phenoxy) is 2. The number of halogens is 1. The number of nitrogens with zero attached hydrogens (tertiary/aromatic N) is 1. The molecule has 0 aliphatic carbocycles. The van der Waals surface area contributed by atoms with Gasteiger partial charge in [0.15, 0.2) is 0 Å². The normalized spacial score (nSPS) is 10.9. The van der Waals surface area contributed by atoms with Crippen LogP contribution in [0.4, 0.5) is 0 Å². The Kier molecular flexibility index (Phi) is 5.25. The molecule has 6 heteroatoms. The van der Waals surface area contributed by atoms with E-state index < -0.39 is 0 Å². The van der Waals surface area contributed by atoms with E-state index in [-0.39, 0.29) is 12.4 Å². The van der Waals surface area contributed by atoms with E-state index in [1.54, 1.807) is 6.07 Å². The van der Waals surface area contributed by atoms with Crippen LogP contribution in [0.3, 0.4) is 0 Å². The molecule has 0 amide bonds. The first-order valence-electron chi connectivity index (χ1n) is 7.80. The Bertz CT molecular complexity index is 936. The van der Waals surface area contributed by atoms with Crippen LogP contribution in [0.15, 0.2) is 29.6 Å². The summed E-state index contributed by atoms with van der Waals surface area (Å²) in [4.78, 5) is 16.0. The number of carbonyl (C=O) groups excluding carboxylic acids is 1. The van der Waals surface area contributed by atoms with Crippen LogP contribution < -0.4 is 4.74 Å². The van der Waals surface area contributed by atoms with Gasteiger partial charge in [-0.15, -0.1) is 11.3 Å². The van der Waals surface area contributed by atoms with Crippen molar-refractivity contribution in [3.63, 3.8) is 0 Å². The molecule has 0 unspecified atom stereocenters. The van der Waals surface area contributed by atoms with Gasteiger partial charge in [-0.25, -0.2) is 0 Å². The van der Waals surface area contributed by atoms with Gasteiger partial charge in [0.05, 0.1) is 18.6 Å². The van der Waals surface area contributed by atoms with Crippen molar-refractivity contribution in [1.29, 1.82) is 0 Å². The van der Waals surface area contributed by atoms with Gasteiger partial charge in [-0.2, -0.15) is 0 Å². The molecule has 0 spiro atoms. The summed E-state index contributed by atoms with van der Waals surface area (Å²) in [5, 5.41) is 3.40. The second-order valence-corrected chi connectivity index (χ2v) is 7.10. The second kappa shape index (κ2) is 7.42. The molecule has 0 saturated carbocycles. The van der Waals surface area contributed by atoms with Crippen LogP contribution in [0.25, 0.3) is 10.1 Å². The maximum absolute atomic E-state index is 11.5. The highest BCUT2D eigenvalue weighted by Gasteiger charge is 2.14. The lowest BCUT2D eigenvalue weighted by atomic mass is 10.1. The summed E-state index contributed by atoms with van der Waals surface area (Å²) in [6.45, 7) is 4.37. The molecule has 3 aromatic rings. The molecule has 0 N–H and O–H groups in total. The predicted octanol–water partition coefficient (Wildman–Crippen LogP) is 4.86. The zero-order chi connectivity index (χ0) is 18.0. The van der Waals surface area contributed by atoms with E-state index >= 15 is 0 Å². The average Bonchev–Trinajstić information content (AvgIpc) is 2.97. The minimum Gasteiger partial charge on any atom is -0.489 e. The third-order valence-corrected chi connectivity index (χ3v) is 5.24. The molecule has 0 atom stereocenters. The molecule has 3 rings (SSSR count). The van der Waals surface area contributed by atoms with Crippen molar-refractivity contribution in [1.82, 2.24) is 4.98 Å². The first kappa shape index (κ1) is 17.7. The molecule has 1 aromatic carbocycles. The van der Waals surface area contributed by atoms with E-state index in [1.165, 1.54) is 18.4 Å². The molecule has 2 aromatic heterocycles. The second-order valence-electron chi connectivity index (χ2n) is 5.78. The number of aryl methyl sites for hydroxylation is 2. The van der Waals surface area contributed by atoms with Gasteiger partial charge in [-0.1, -0.05) is 17.7 Å². The third-order valence-electron chi connectivity index (χ3n) is 3.97. The number of benzene rings is 1. The van der Waals surface area contributed by atoms with Gasteiger partial charge < -0.3 is 9.47 Å². The number of thiophene rings is 1. The van der Waals surface area contributed by atoms with E-state index in [9.17, 15) is 4.79 Å². The highest BCUT2D eigenvalue weighted by Crippen LogP contribution is 2.36. The van der Waals surface area contributed by atoms with Gasteiger partial charge in [-0.3, -0.25) is 9.78 Å². The lowest BCUT2D eigenvalue weighted by molar-refractivity contribution is -0.139. The minimum atomic E-state index is -0.279. The zero-order valence-corrected chi connectivity index (χ0v) is 15.8. The minimum absolute atomic E-state index is 0.213. The Morgan fingerprint density at radius 1 is 1.24 bits per heavy atom. The molecule has 0 bridgehead atoms. The smallest absolute Gasteiger partial charge is 0.310 e. The van der Waals surface area contributed by atoms with Crippen LogP contribution in [0, 0.1) is 13.8 Å². The highest BCUT2D eigenvalue weighted by molar-refractivity contribution is 7.17. The quantitative estimate of drug-likeness (QED) is 0.597. The number of methoxy groups -OCH3 is 1. The number of fused-ring (bicyclic) bond motifs is 1. The van der Waals surface area contributed by atoms with Gasteiger partial charge in [0.2, 0.25) is 0 Å². The van der Waals surface area contributed by atoms with Crippen molar-refractivity contribution in [2.24, 2.45) is 0 Å². The Labute approximate surface area is 155 Å². The number of esters is 1. The Hall–Kier alpha value is -2.11. The van der Waals surface area contributed by atoms with Crippen molar-refractivity contribution in [2.75, 3.05) is 7.11 Å². The van der Waals surface area contributed by atoms with E-state index in [1.807, 2.05) is 37.4 Å². The first-order chi connectivity index (χ1) is 12.0. The van der Waals surface area contributed by atoms with Crippen LogP contribution in [0.2, 0.25) is 5.02 Å². The summed E-state index contributed by atoms with van der Waals surface area (Å²) in [5.41, 5.74) is 3.87. The number of hydrogen-bond acceptors (Lipinski definition) is 5. The van der Waals surface area contributed by atoms with Crippen LogP contribution in [-0.4, -0.2) is 18.1 Å². The van der Waals surface area contributed by atoms with Crippen molar-refractivity contribution < 1.29 is 14.3 Å². The lowest BCUT2D eigenvalue weighted by Crippen LogP contribution is -2.03. The van der Waals surface area contributed by atoms with Crippen LogP contribution in [-0.2, 0) is 22.6 Å². The monoisotopic (exact) mass is 375 g/mol. The number of rotatable bonds is 5. The number of hydrogen-bond donors (Lipinski definition) is 0. The molecule has 0 aliphatic heterocycles. The fourth-order valence-electron chi connectivity index (χ4n) is 2.63. The van der Waals surface area contributed by atoms with Gasteiger partial charge in [0.25, 0.3) is 0 Å². The van der Waals surface area contributed by atoms with Crippen LogP contribution >= 0.6 is 22.9 Å². The summed E-state index contributed by atoms with van der Waals surface area (Å²) in [7, 11) is 1.38. The number of pyridine rings is 1. The molecular weight excluding hydrogens is 358 g/mol. The number of carbonyl (C=O) groups is 1.